The van der Waals surface area contributed by atoms with E-state index in [2.05, 4.69) is 40.1 Å². The molecular weight excluding hydrogens is 320 g/mol. The molecule has 0 saturated carbocycles. The topological polar surface area (TPSA) is 49.6 Å². The number of imidazole rings is 1. The first-order valence-electron chi connectivity index (χ1n) is 6.66. The molecule has 1 atom stereocenters. The second-order valence-corrected chi connectivity index (χ2v) is 5.87. The molecule has 1 N–H and O–H groups in total. The number of nitrogens with zero attached hydrogens (tertiary/aromatic N) is 3. The van der Waals surface area contributed by atoms with Gasteiger partial charge in [0.25, 0.3) is 0 Å². The van der Waals surface area contributed by atoms with Crippen molar-refractivity contribution in [2.24, 2.45) is 5.92 Å². The smallest absolute Gasteiger partial charge is 0.322 e. The molecule has 108 valence electrons. The Morgan fingerprint density at radius 3 is 3.05 bits per heavy atom. The summed E-state index contributed by atoms with van der Waals surface area (Å²) in [5.41, 5.74) is 0.785. The highest BCUT2D eigenvalue weighted by Crippen LogP contribution is 2.20. The number of anilines is 1. The molecule has 0 aromatic carbocycles. The minimum Gasteiger partial charge on any atom is -0.327 e. The average Bonchev–Trinajstić information content (AvgIpc) is 2.83. The fourth-order valence-corrected chi connectivity index (χ4v) is 2.40. The summed E-state index contributed by atoms with van der Waals surface area (Å²) in [7, 11) is 1.81. The number of aromatic nitrogens is 2. The van der Waals surface area contributed by atoms with Crippen molar-refractivity contribution in [1.82, 2.24) is 14.3 Å². The van der Waals surface area contributed by atoms with Crippen LogP contribution in [0.3, 0.4) is 0 Å². The van der Waals surface area contributed by atoms with Crippen LogP contribution in [0.2, 0.25) is 0 Å². The van der Waals surface area contributed by atoms with Crippen LogP contribution in [0.15, 0.2) is 29.0 Å². The van der Waals surface area contributed by atoms with E-state index >= 15 is 0 Å². The Morgan fingerprint density at radius 2 is 2.35 bits per heavy atom. The van der Waals surface area contributed by atoms with Crippen molar-refractivity contribution in [3.8, 4) is 0 Å². The highest BCUT2D eigenvalue weighted by Gasteiger charge is 2.14. The molecule has 2 heterocycles. The molecule has 0 unspecified atom stereocenters. The van der Waals surface area contributed by atoms with Crippen LogP contribution < -0.4 is 5.32 Å². The summed E-state index contributed by atoms with van der Waals surface area (Å²) >= 11 is 3.44. The summed E-state index contributed by atoms with van der Waals surface area (Å²) < 4.78 is 2.74. The number of rotatable bonds is 4. The number of hydrogen-bond donors (Lipinski definition) is 1. The van der Waals surface area contributed by atoms with E-state index in [-0.39, 0.29) is 6.03 Å². The van der Waals surface area contributed by atoms with Crippen molar-refractivity contribution < 1.29 is 4.79 Å². The van der Waals surface area contributed by atoms with Crippen molar-refractivity contribution in [3.05, 3.63) is 29.0 Å². The maximum absolute atomic E-state index is 12.2. The zero-order valence-corrected chi connectivity index (χ0v) is 13.5. The van der Waals surface area contributed by atoms with Crippen molar-refractivity contribution >= 4 is 33.4 Å². The van der Waals surface area contributed by atoms with Gasteiger partial charge in [0.1, 0.15) is 5.82 Å². The molecule has 2 aromatic heterocycles. The molecule has 20 heavy (non-hydrogen) atoms. The lowest BCUT2D eigenvalue weighted by Gasteiger charge is -2.21. The summed E-state index contributed by atoms with van der Waals surface area (Å²) in [5, 5.41) is 2.89. The predicted octanol–water partition coefficient (Wildman–Crippen LogP) is 3.61. The van der Waals surface area contributed by atoms with Gasteiger partial charge in [-0.3, -0.25) is 9.72 Å². The van der Waals surface area contributed by atoms with Gasteiger partial charge in [-0.05, 0) is 34.0 Å². The first-order valence-corrected chi connectivity index (χ1v) is 7.46. The minimum atomic E-state index is -0.118. The molecule has 0 fully saturated rings. The molecule has 2 rings (SSSR count). The Labute approximate surface area is 127 Å². The lowest BCUT2D eigenvalue weighted by molar-refractivity contribution is 0.215. The van der Waals surface area contributed by atoms with Gasteiger partial charge >= 0.3 is 6.03 Å². The van der Waals surface area contributed by atoms with E-state index in [1.165, 1.54) is 0 Å². The Hall–Kier alpha value is -1.56. The van der Waals surface area contributed by atoms with Crippen LogP contribution in [0.25, 0.3) is 5.65 Å². The van der Waals surface area contributed by atoms with Gasteiger partial charge in [-0.25, -0.2) is 9.78 Å². The molecule has 0 aliphatic rings. The number of carbonyl (C=O) groups is 1. The Balaban J connectivity index is 2.12. The van der Waals surface area contributed by atoms with Crippen LogP contribution >= 0.6 is 15.9 Å². The fraction of sp³-hybridized carbons (Fsp3) is 0.429. The monoisotopic (exact) mass is 338 g/mol. The zero-order chi connectivity index (χ0) is 14.7. The van der Waals surface area contributed by atoms with Crippen LogP contribution in [0.5, 0.6) is 0 Å². The van der Waals surface area contributed by atoms with Crippen LogP contribution in [0, 0.1) is 5.92 Å². The molecule has 5 nitrogen and oxygen atoms in total. The van der Waals surface area contributed by atoms with Gasteiger partial charge < -0.3 is 4.90 Å². The maximum atomic E-state index is 12.2. The van der Waals surface area contributed by atoms with E-state index in [4.69, 9.17) is 0 Å². The molecule has 0 aliphatic heterocycles. The molecule has 0 spiro atoms. The van der Waals surface area contributed by atoms with E-state index in [9.17, 15) is 4.79 Å². The quantitative estimate of drug-likeness (QED) is 0.925. The van der Waals surface area contributed by atoms with E-state index in [1.54, 1.807) is 18.1 Å². The first-order chi connectivity index (χ1) is 9.52. The number of pyridine rings is 1. The predicted molar refractivity (Wildman–Crippen MR) is 84.0 cm³/mol. The number of hydrogen-bond acceptors (Lipinski definition) is 2. The molecule has 0 radical (unpaired) electrons. The van der Waals surface area contributed by atoms with E-state index < -0.39 is 0 Å². The standard InChI is InChI=1S/C14H19BrN4O/c1-4-10(2)9-18(3)14(20)17-12-8-16-13-11(15)6-5-7-19(12)13/h5-8,10H,4,9H2,1-3H3,(H,17,20)/t10-/m0/s1. The van der Waals surface area contributed by atoms with Gasteiger partial charge in [0.15, 0.2) is 5.65 Å². The van der Waals surface area contributed by atoms with Crippen molar-refractivity contribution in [2.45, 2.75) is 20.3 Å². The van der Waals surface area contributed by atoms with Crippen LogP contribution in [0.1, 0.15) is 20.3 Å². The normalized spacial score (nSPS) is 12.4. The van der Waals surface area contributed by atoms with Crippen molar-refractivity contribution in [3.63, 3.8) is 0 Å². The van der Waals surface area contributed by atoms with E-state index in [1.807, 2.05) is 22.7 Å². The van der Waals surface area contributed by atoms with Crippen molar-refractivity contribution in [1.29, 1.82) is 0 Å². The van der Waals surface area contributed by atoms with Crippen molar-refractivity contribution in [2.75, 3.05) is 18.9 Å². The molecule has 2 amide bonds. The van der Waals surface area contributed by atoms with Gasteiger partial charge in [0, 0.05) is 19.8 Å². The largest absolute Gasteiger partial charge is 0.327 e. The number of carbonyl (C=O) groups excluding carboxylic acids is 1. The van der Waals surface area contributed by atoms with Crippen LogP contribution in [0.4, 0.5) is 10.6 Å². The number of amides is 2. The molecule has 0 bridgehead atoms. The minimum absolute atomic E-state index is 0.118. The van der Waals surface area contributed by atoms with Gasteiger partial charge in [-0.2, -0.15) is 0 Å². The lowest BCUT2D eigenvalue weighted by Crippen LogP contribution is -2.34. The Morgan fingerprint density at radius 1 is 1.60 bits per heavy atom. The summed E-state index contributed by atoms with van der Waals surface area (Å²) in [4.78, 5) is 18.1. The average molecular weight is 339 g/mol. The fourth-order valence-electron chi connectivity index (χ4n) is 1.95. The number of nitrogens with one attached hydrogen (secondary N) is 1. The summed E-state index contributed by atoms with van der Waals surface area (Å²) in [6, 6.07) is 3.70. The summed E-state index contributed by atoms with van der Waals surface area (Å²) in [6.07, 6.45) is 4.59. The van der Waals surface area contributed by atoms with Gasteiger partial charge in [0.05, 0.1) is 10.7 Å². The number of urea groups is 1. The number of halogens is 1. The summed E-state index contributed by atoms with van der Waals surface area (Å²) in [6.45, 7) is 5.00. The summed E-state index contributed by atoms with van der Waals surface area (Å²) in [5.74, 6) is 1.16. The van der Waals surface area contributed by atoms with Crippen LogP contribution in [-0.4, -0.2) is 33.9 Å². The second-order valence-electron chi connectivity index (χ2n) is 5.02. The molecular formula is C14H19BrN4O. The zero-order valence-electron chi connectivity index (χ0n) is 11.9. The lowest BCUT2D eigenvalue weighted by atomic mass is 10.1. The second kappa shape index (κ2) is 6.26. The van der Waals surface area contributed by atoms with Gasteiger partial charge in [-0.15, -0.1) is 0 Å². The third kappa shape index (κ3) is 3.12. The van der Waals surface area contributed by atoms with Gasteiger partial charge in [0.2, 0.25) is 0 Å². The third-order valence-electron chi connectivity index (χ3n) is 3.35. The third-order valence-corrected chi connectivity index (χ3v) is 3.97. The van der Waals surface area contributed by atoms with Crippen LogP contribution in [-0.2, 0) is 0 Å². The van der Waals surface area contributed by atoms with E-state index in [0.717, 1.165) is 23.1 Å². The molecule has 6 heteroatoms. The highest BCUT2D eigenvalue weighted by molar-refractivity contribution is 9.10. The molecule has 2 aromatic rings. The van der Waals surface area contributed by atoms with Gasteiger partial charge in [-0.1, -0.05) is 20.3 Å². The highest BCUT2D eigenvalue weighted by atomic mass is 79.9. The molecule has 0 aliphatic carbocycles. The molecule has 0 saturated heterocycles. The maximum Gasteiger partial charge on any atom is 0.322 e. The first kappa shape index (κ1) is 14.8. The SMILES string of the molecule is CC[C@H](C)CN(C)C(=O)Nc1cnc2c(Br)cccn12. The van der Waals surface area contributed by atoms with E-state index in [0.29, 0.717) is 11.7 Å². The number of fused-ring (bicyclic) bond motifs is 1. The Bertz CT molecular complexity index is 610. The Kier molecular flexibility index (Phi) is 4.65.